The summed E-state index contributed by atoms with van der Waals surface area (Å²) in [6.45, 7) is 4.18. The number of rotatable bonds is 4. The van der Waals surface area contributed by atoms with E-state index in [0.717, 1.165) is 32.5 Å². The summed E-state index contributed by atoms with van der Waals surface area (Å²) in [6, 6.07) is 10.5. The number of ether oxygens (including phenoxy) is 1. The summed E-state index contributed by atoms with van der Waals surface area (Å²) in [7, 11) is 1.67. The second-order valence-electron chi connectivity index (χ2n) is 5.23. The number of nitrogens with one attached hydrogen (secondary N) is 1. The quantitative estimate of drug-likeness (QED) is 0.647. The lowest BCUT2D eigenvalue weighted by atomic mass is 10.1. The average Bonchev–Trinajstić information content (AvgIpc) is 2.93. The molecule has 0 radical (unpaired) electrons. The van der Waals surface area contributed by atoms with E-state index in [1.807, 2.05) is 19.1 Å². The molecule has 0 amide bonds. The molecule has 0 saturated carbocycles. The predicted molar refractivity (Wildman–Crippen MR) is 97.1 cm³/mol. The van der Waals surface area contributed by atoms with E-state index in [0.29, 0.717) is 0 Å². The van der Waals surface area contributed by atoms with Gasteiger partial charge >= 0.3 is 0 Å². The highest BCUT2D eigenvalue weighted by molar-refractivity contribution is 9.10. The summed E-state index contributed by atoms with van der Waals surface area (Å²) in [5.74, 6) is 0.826. The maximum Gasteiger partial charge on any atom is 0.121 e. The van der Waals surface area contributed by atoms with Crippen molar-refractivity contribution < 1.29 is 4.74 Å². The molecule has 0 fully saturated rings. The van der Waals surface area contributed by atoms with Crippen LogP contribution in [0.2, 0.25) is 0 Å². The Bertz CT molecular complexity index is 816. The molecule has 3 aromatic rings. The fraction of sp³-hybridized carbons (Fsp3) is 0.235. The van der Waals surface area contributed by atoms with Gasteiger partial charge in [0.2, 0.25) is 0 Å². The first-order valence-corrected chi connectivity index (χ1v) is 8.70. The van der Waals surface area contributed by atoms with E-state index in [1.54, 1.807) is 18.4 Å². The van der Waals surface area contributed by atoms with E-state index in [-0.39, 0.29) is 6.04 Å². The first-order valence-electron chi connectivity index (χ1n) is 7.02. The molecule has 2 aromatic heterocycles. The van der Waals surface area contributed by atoms with Crippen molar-refractivity contribution in [3.05, 3.63) is 50.8 Å². The molecular weight excluding hydrogens is 360 g/mol. The van der Waals surface area contributed by atoms with Gasteiger partial charge in [0, 0.05) is 37.6 Å². The average molecular weight is 377 g/mol. The standard InChI is InChI=1S/C17H17BrN2OS/c1-10-6-15(20-11(2)17-7-12(18)9-22-17)14-5-4-13(21-3)8-16(14)19-10/h4-9,11H,1-3H3,(H,19,20)/t11-/m1/s1. The van der Waals surface area contributed by atoms with Crippen LogP contribution in [0.15, 0.2) is 40.2 Å². The van der Waals surface area contributed by atoms with Crippen molar-refractivity contribution in [2.75, 3.05) is 12.4 Å². The Labute approximate surface area is 142 Å². The van der Waals surface area contributed by atoms with Crippen LogP contribution in [0.25, 0.3) is 10.9 Å². The Morgan fingerprint density at radius 3 is 2.77 bits per heavy atom. The van der Waals surface area contributed by atoms with Crippen LogP contribution in [0.1, 0.15) is 23.5 Å². The second-order valence-corrected chi connectivity index (χ2v) is 7.09. The molecule has 2 heterocycles. The molecule has 3 nitrogen and oxygen atoms in total. The molecule has 5 heteroatoms. The first-order chi connectivity index (χ1) is 10.6. The van der Waals surface area contributed by atoms with Crippen molar-refractivity contribution in [2.45, 2.75) is 19.9 Å². The summed E-state index contributed by atoms with van der Waals surface area (Å²) < 4.78 is 6.42. The number of benzene rings is 1. The molecule has 0 saturated heterocycles. The number of halogens is 1. The van der Waals surface area contributed by atoms with Crippen molar-refractivity contribution >= 4 is 43.9 Å². The number of nitrogens with zero attached hydrogens (tertiary/aromatic N) is 1. The lowest BCUT2D eigenvalue weighted by Crippen LogP contribution is -2.06. The molecule has 0 aliphatic rings. The third-order valence-corrected chi connectivity index (χ3v) is 5.41. The molecule has 1 aromatic carbocycles. The van der Waals surface area contributed by atoms with Gasteiger partial charge in [-0.15, -0.1) is 11.3 Å². The minimum Gasteiger partial charge on any atom is -0.497 e. The van der Waals surface area contributed by atoms with Crippen molar-refractivity contribution in [1.29, 1.82) is 0 Å². The minimum absolute atomic E-state index is 0.239. The lowest BCUT2D eigenvalue weighted by molar-refractivity contribution is 0.415. The van der Waals surface area contributed by atoms with Crippen LogP contribution >= 0.6 is 27.3 Å². The van der Waals surface area contributed by atoms with Gasteiger partial charge in [-0.2, -0.15) is 0 Å². The van der Waals surface area contributed by atoms with Crippen LogP contribution in [0.3, 0.4) is 0 Å². The number of hydrogen-bond acceptors (Lipinski definition) is 4. The maximum absolute atomic E-state index is 5.29. The van der Waals surface area contributed by atoms with Gasteiger partial charge in [0.1, 0.15) is 5.75 Å². The monoisotopic (exact) mass is 376 g/mol. The summed E-state index contributed by atoms with van der Waals surface area (Å²) >= 11 is 5.26. The van der Waals surface area contributed by atoms with Gasteiger partial charge in [-0.1, -0.05) is 0 Å². The number of methoxy groups -OCH3 is 1. The van der Waals surface area contributed by atoms with Gasteiger partial charge in [0.15, 0.2) is 0 Å². The Balaban J connectivity index is 1.99. The van der Waals surface area contributed by atoms with Gasteiger partial charge < -0.3 is 10.1 Å². The molecule has 1 N–H and O–H groups in total. The van der Waals surface area contributed by atoms with Crippen molar-refractivity contribution in [3.63, 3.8) is 0 Å². The normalized spacial score (nSPS) is 12.4. The zero-order valence-corrected chi connectivity index (χ0v) is 15.1. The van der Waals surface area contributed by atoms with E-state index in [4.69, 9.17) is 4.74 Å². The fourth-order valence-corrected chi connectivity index (χ4v) is 3.90. The third-order valence-electron chi connectivity index (χ3n) is 3.53. The van der Waals surface area contributed by atoms with Crippen LogP contribution in [0, 0.1) is 6.92 Å². The van der Waals surface area contributed by atoms with E-state index in [1.165, 1.54) is 4.88 Å². The third kappa shape index (κ3) is 3.10. The summed E-state index contributed by atoms with van der Waals surface area (Å²) in [4.78, 5) is 5.90. The van der Waals surface area contributed by atoms with Crippen LogP contribution < -0.4 is 10.1 Å². The Morgan fingerprint density at radius 2 is 2.09 bits per heavy atom. The molecule has 0 aliphatic carbocycles. The van der Waals surface area contributed by atoms with E-state index in [9.17, 15) is 0 Å². The molecule has 0 spiro atoms. The zero-order valence-electron chi connectivity index (χ0n) is 12.7. The van der Waals surface area contributed by atoms with Gasteiger partial charge in [0.25, 0.3) is 0 Å². The van der Waals surface area contributed by atoms with Gasteiger partial charge in [-0.05, 0) is 54.0 Å². The molecule has 0 bridgehead atoms. The van der Waals surface area contributed by atoms with Crippen LogP contribution in [-0.2, 0) is 0 Å². The maximum atomic E-state index is 5.29. The number of thiophene rings is 1. The molecule has 0 aliphatic heterocycles. The van der Waals surface area contributed by atoms with E-state index >= 15 is 0 Å². The molecule has 114 valence electrons. The predicted octanol–water partition coefficient (Wildman–Crippen LogP) is 5.55. The second kappa shape index (κ2) is 6.26. The van der Waals surface area contributed by atoms with Crippen LogP contribution in [0.5, 0.6) is 5.75 Å². The summed E-state index contributed by atoms with van der Waals surface area (Å²) in [5, 5.41) is 6.81. The number of hydrogen-bond donors (Lipinski definition) is 1. The molecule has 1 atom stereocenters. The van der Waals surface area contributed by atoms with Crippen LogP contribution in [-0.4, -0.2) is 12.1 Å². The number of fused-ring (bicyclic) bond motifs is 1. The Hall–Kier alpha value is -1.59. The largest absolute Gasteiger partial charge is 0.497 e. The van der Waals surface area contributed by atoms with Gasteiger partial charge in [0.05, 0.1) is 18.7 Å². The Kier molecular flexibility index (Phi) is 4.36. The fourth-order valence-electron chi connectivity index (χ4n) is 2.45. The molecule has 0 unspecified atom stereocenters. The highest BCUT2D eigenvalue weighted by atomic mass is 79.9. The number of pyridine rings is 1. The van der Waals surface area contributed by atoms with Gasteiger partial charge in [-0.25, -0.2) is 0 Å². The van der Waals surface area contributed by atoms with E-state index in [2.05, 4.69) is 56.7 Å². The van der Waals surface area contributed by atoms with Crippen LogP contribution in [0.4, 0.5) is 5.69 Å². The van der Waals surface area contributed by atoms with E-state index < -0.39 is 0 Å². The first kappa shape index (κ1) is 15.3. The number of anilines is 1. The highest BCUT2D eigenvalue weighted by Gasteiger charge is 2.11. The number of aromatic nitrogens is 1. The Morgan fingerprint density at radius 1 is 1.27 bits per heavy atom. The topological polar surface area (TPSA) is 34.1 Å². The molecule has 3 rings (SSSR count). The zero-order chi connectivity index (χ0) is 15.7. The number of aryl methyl sites for hydroxylation is 1. The molecule has 22 heavy (non-hydrogen) atoms. The summed E-state index contributed by atoms with van der Waals surface area (Å²) in [5.41, 5.74) is 3.03. The summed E-state index contributed by atoms with van der Waals surface area (Å²) in [6.07, 6.45) is 0. The smallest absolute Gasteiger partial charge is 0.121 e. The van der Waals surface area contributed by atoms with Crippen molar-refractivity contribution in [1.82, 2.24) is 4.98 Å². The van der Waals surface area contributed by atoms with Crippen molar-refractivity contribution in [2.24, 2.45) is 0 Å². The minimum atomic E-state index is 0.239. The van der Waals surface area contributed by atoms with Gasteiger partial charge in [-0.3, -0.25) is 4.98 Å². The lowest BCUT2D eigenvalue weighted by Gasteiger charge is -2.16. The van der Waals surface area contributed by atoms with Crippen molar-refractivity contribution in [3.8, 4) is 5.75 Å². The molecular formula is C17H17BrN2OS. The SMILES string of the molecule is COc1ccc2c(N[C@H](C)c3cc(Br)cs3)cc(C)nc2c1. The highest BCUT2D eigenvalue weighted by Crippen LogP contribution is 2.32.